The maximum atomic E-state index is 13.0. The highest BCUT2D eigenvalue weighted by molar-refractivity contribution is 5.95. The molecule has 4 rings (SSSR count). The highest BCUT2D eigenvalue weighted by Gasteiger charge is 2.17. The Bertz CT molecular complexity index is 1620. The number of carbonyl (C=O) groups is 2. The quantitative estimate of drug-likeness (QED) is 0.183. The molecule has 2 aromatic carbocycles. The van der Waals surface area contributed by atoms with Crippen LogP contribution in [0.3, 0.4) is 0 Å². The van der Waals surface area contributed by atoms with Crippen LogP contribution in [-0.2, 0) is 16.0 Å². The van der Waals surface area contributed by atoms with E-state index in [4.69, 9.17) is 14.5 Å². The summed E-state index contributed by atoms with van der Waals surface area (Å²) < 4.78 is 12.5. The highest BCUT2D eigenvalue weighted by Crippen LogP contribution is 2.24. The van der Waals surface area contributed by atoms with Crippen molar-refractivity contribution in [2.45, 2.75) is 45.8 Å². The van der Waals surface area contributed by atoms with Gasteiger partial charge in [-0.25, -0.2) is 9.78 Å². The van der Waals surface area contributed by atoms with Gasteiger partial charge in [-0.3, -0.25) is 4.79 Å². The van der Waals surface area contributed by atoms with Crippen molar-refractivity contribution in [1.82, 2.24) is 14.7 Å². The number of hydrogen-bond donors (Lipinski definition) is 2. The number of ether oxygens (including phenoxy) is 2. The fourth-order valence-corrected chi connectivity index (χ4v) is 4.51. The third-order valence-electron chi connectivity index (χ3n) is 6.47. The largest absolute Gasteiger partial charge is 0.490 e. The van der Waals surface area contributed by atoms with Crippen molar-refractivity contribution in [3.63, 3.8) is 0 Å². The normalized spacial score (nSPS) is 11.9. The predicted molar refractivity (Wildman–Crippen MR) is 160 cm³/mol. The first kappa shape index (κ1) is 30.0. The minimum Gasteiger partial charge on any atom is -0.490 e. The number of esters is 1. The third-order valence-corrected chi connectivity index (χ3v) is 6.47. The molecule has 0 aliphatic carbocycles. The Morgan fingerprint density at radius 1 is 1.17 bits per heavy atom. The summed E-state index contributed by atoms with van der Waals surface area (Å²) in [6, 6.07) is 18.2. The van der Waals surface area contributed by atoms with Gasteiger partial charge in [-0.2, -0.15) is 5.26 Å². The van der Waals surface area contributed by atoms with Gasteiger partial charge in [0.15, 0.2) is 0 Å². The van der Waals surface area contributed by atoms with E-state index in [0.29, 0.717) is 42.0 Å². The van der Waals surface area contributed by atoms with Crippen LogP contribution in [0.2, 0.25) is 0 Å². The molecule has 0 saturated heterocycles. The van der Waals surface area contributed by atoms with E-state index < -0.39 is 5.97 Å². The number of amides is 1. The standard InChI is InChI=1S/C33H34N4O5/c1-4-41-31(39)14-12-25-6-5-16-37-21-29(36-32(25)37)24-9-7-23(8-10-24)18-28(15-17-38)35-33(40)26-11-13-30(42-22(2)3)27(19-26)20-34/h5-14,16,19,21-22,28,38H,4,15,17-18H2,1-3H3,(H,35,40)/b14-12+/t28-/m1/s1. The number of pyridine rings is 1. The van der Waals surface area contributed by atoms with E-state index >= 15 is 0 Å². The number of hydrogen-bond acceptors (Lipinski definition) is 7. The lowest BCUT2D eigenvalue weighted by Crippen LogP contribution is -2.37. The van der Waals surface area contributed by atoms with Gasteiger partial charge >= 0.3 is 5.97 Å². The number of nitrogens with one attached hydrogen (secondary N) is 1. The van der Waals surface area contributed by atoms with Gasteiger partial charge in [0.25, 0.3) is 5.91 Å². The lowest BCUT2D eigenvalue weighted by Gasteiger charge is -2.19. The van der Waals surface area contributed by atoms with Crippen LogP contribution in [0, 0.1) is 11.3 Å². The molecule has 1 atom stereocenters. The van der Waals surface area contributed by atoms with Crippen molar-refractivity contribution in [2.24, 2.45) is 0 Å². The van der Waals surface area contributed by atoms with E-state index in [2.05, 4.69) is 11.4 Å². The minimum atomic E-state index is -0.404. The smallest absolute Gasteiger partial charge is 0.330 e. The molecular weight excluding hydrogens is 532 g/mol. The monoisotopic (exact) mass is 566 g/mol. The van der Waals surface area contributed by atoms with Crippen molar-refractivity contribution >= 4 is 23.6 Å². The van der Waals surface area contributed by atoms with E-state index in [9.17, 15) is 20.0 Å². The third kappa shape index (κ3) is 7.62. The number of carbonyl (C=O) groups excluding carboxylic acids is 2. The molecule has 0 aliphatic rings. The molecular formula is C33H34N4O5. The van der Waals surface area contributed by atoms with Crippen LogP contribution in [0.1, 0.15) is 54.2 Å². The summed E-state index contributed by atoms with van der Waals surface area (Å²) in [7, 11) is 0. The zero-order chi connectivity index (χ0) is 30.1. The molecule has 42 heavy (non-hydrogen) atoms. The van der Waals surface area contributed by atoms with Crippen LogP contribution in [0.4, 0.5) is 0 Å². The van der Waals surface area contributed by atoms with Crippen molar-refractivity contribution in [1.29, 1.82) is 5.26 Å². The molecule has 216 valence electrons. The summed E-state index contributed by atoms with van der Waals surface area (Å²) in [5.41, 5.74) is 4.82. The van der Waals surface area contributed by atoms with Crippen LogP contribution in [0.15, 0.2) is 73.1 Å². The van der Waals surface area contributed by atoms with Crippen LogP contribution >= 0.6 is 0 Å². The van der Waals surface area contributed by atoms with Gasteiger partial charge in [0, 0.05) is 47.8 Å². The van der Waals surface area contributed by atoms with Crippen molar-refractivity contribution in [3.8, 4) is 23.1 Å². The first-order valence-electron chi connectivity index (χ1n) is 13.9. The van der Waals surface area contributed by atoms with Crippen LogP contribution in [0.25, 0.3) is 23.0 Å². The molecule has 2 N–H and O–H groups in total. The number of rotatable bonds is 12. The van der Waals surface area contributed by atoms with Gasteiger partial charge in [-0.15, -0.1) is 0 Å². The number of aromatic nitrogens is 2. The van der Waals surface area contributed by atoms with E-state index in [0.717, 1.165) is 22.4 Å². The van der Waals surface area contributed by atoms with Gasteiger partial charge in [0.1, 0.15) is 17.5 Å². The molecule has 0 aliphatic heterocycles. The second-order valence-electron chi connectivity index (χ2n) is 9.98. The first-order chi connectivity index (χ1) is 20.3. The number of benzene rings is 2. The Morgan fingerprint density at radius 2 is 1.95 bits per heavy atom. The van der Waals surface area contributed by atoms with Crippen LogP contribution in [-0.4, -0.2) is 51.7 Å². The molecule has 4 aromatic rings. The van der Waals surface area contributed by atoms with E-state index in [1.54, 1.807) is 25.1 Å². The Balaban J connectivity index is 1.47. The van der Waals surface area contributed by atoms with Crippen LogP contribution in [0.5, 0.6) is 5.75 Å². The maximum Gasteiger partial charge on any atom is 0.330 e. The molecule has 9 heteroatoms. The van der Waals surface area contributed by atoms with Gasteiger partial charge in [0.05, 0.1) is 24.0 Å². The number of nitriles is 1. The van der Waals surface area contributed by atoms with Crippen LogP contribution < -0.4 is 10.1 Å². The first-order valence-corrected chi connectivity index (χ1v) is 13.9. The highest BCUT2D eigenvalue weighted by atomic mass is 16.5. The Morgan fingerprint density at radius 3 is 2.64 bits per heavy atom. The molecule has 0 fully saturated rings. The van der Waals surface area contributed by atoms with Gasteiger partial charge in [-0.1, -0.05) is 24.3 Å². The maximum absolute atomic E-state index is 13.0. The summed E-state index contributed by atoms with van der Waals surface area (Å²) in [5.74, 6) is -0.292. The number of aliphatic hydroxyl groups excluding tert-OH is 1. The Hall–Kier alpha value is -4.94. The number of imidazole rings is 1. The zero-order valence-corrected chi connectivity index (χ0v) is 23.9. The van der Waals surface area contributed by atoms with E-state index in [1.807, 2.05) is 67.0 Å². The minimum absolute atomic E-state index is 0.0815. The predicted octanol–water partition coefficient (Wildman–Crippen LogP) is 4.96. The topological polar surface area (TPSA) is 126 Å². The number of nitrogens with zero attached hydrogens (tertiary/aromatic N) is 3. The number of fused-ring (bicyclic) bond motifs is 1. The molecule has 0 bridgehead atoms. The molecule has 9 nitrogen and oxygen atoms in total. The second-order valence-corrected chi connectivity index (χ2v) is 9.98. The van der Waals surface area contributed by atoms with Crippen molar-refractivity contribution in [3.05, 3.63) is 95.3 Å². The van der Waals surface area contributed by atoms with E-state index in [1.165, 1.54) is 12.1 Å². The fourth-order valence-electron chi connectivity index (χ4n) is 4.51. The van der Waals surface area contributed by atoms with Crippen molar-refractivity contribution in [2.75, 3.05) is 13.2 Å². The summed E-state index contributed by atoms with van der Waals surface area (Å²) in [5, 5.41) is 22.1. The molecule has 0 spiro atoms. The second kappa shape index (κ2) is 14.1. The average molecular weight is 567 g/mol. The molecule has 2 aromatic heterocycles. The SMILES string of the molecule is CCOC(=O)/C=C/c1cccn2cc(-c3ccc(C[C@@H](CCO)NC(=O)c4ccc(OC(C)C)c(C#N)c4)cc3)nc12. The molecule has 0 radical (unpaired) electrons. The molecule has 2 heterocycles. The Kier molecular flexibility index (Phi) is 10.1. The number of aliphatic hydroxyl groups is 1. The summed E-state index contributed by atoms with van der Waals surface area (Å²) >= 11 is 0. The summed E-state index contributed by atoms with van der Waals surface area (Å²) in [6.45, 7) is 5.74. The van der Waals surface area contributed by atoms with E-state index in [-0.39, 0.29) is 24.7 Å². The fraction of sp³-hybridized carbons (Fsp3) is 0.273. The van der Waals surface area contributed by atoms with Gasteiger partial charge in [0.2, 0.25) is 0 Å². The summed E-state index contributed by atoms with van der Waals surface area (Å²) in [6.07, 6.45) is 7.70. The lowest BCUT2D eigenvalue weighted by atomic mass is 10.0. The van der Waals surface area contributed by atoms with Gasteiger partial charge in [-0.05, 0) is 75.6 Å². The van der Waals surface area contributed by atoms with Crippen molar-refractivity contribution < 1.29 is 24.2 Å². The average Bonchev–Trinajstić information content (AvgIpc) is 3.42. The Labute approximate surface area is 245 Å². The lowest BCUT2D eigenvalue weighted by molar-refractivity contribution is -0.137. The summed E-state index contributed by atoms with van der Waals surface area (Å²) in [4.78, 5) is 29.5. The molecule has 0 unspecified atom stereocenters. The molecule has 0 saturated carbocycles. The zero-order valence-electron chi connectivity index (χ0n) is 23.9. The van der Waals surface area contributed by atoms with Gasteiger partial charge < -0.3 is 24.3 Å². The molecule has 1 amide bonds.